The van der Waals surface area contributed by atoms with Crippen LogP contribution in [0.3, 0.4) is 0 Å². The average Bonchev–Trinajstić information content (AvgIpc) is 2.40. The van der Waals surface area contributed by atoms with E-state index in [0.29, 0.717) is 0 Å². The minimum Gasteiger partial charge on any atom is -0.205 e. The van der Waals surface area contributed by atoms with Crippen LogP contribution in [-0.2, 0) is 13.0 Å². The van der Waals surface area contributed by atoms with Gasteiger partial charge >= 0.3 is 0 Å². The normalized spacial score (nSPS) is 10.8. The topological polar surface area (TPSA) is 3.88 Å². The molecule has 0 aromatic carbocycles. The molecule has 1 heteroatoms. The first-order valence-corrected chi connectivity index (χ1v) is 7.84. The molecule has 18 heavy (non-hydrogen) atoms. The molecule has 0 fully saturated rings. The number of hydrogen-bond donors (Lipinski definition) is 0. The first-order valence-electron chi connectivity index (χ1n) is 7.84. The maximum absolute atomic E-state index is 2.32. The summed E-state index contributed by atoms with van der Waals surface area (Å²) in [5, 5.41) is 0. The van der Waals surface area contributed by atoms with Crippen molar-refractivity contribution in [1.82, 2.24) is 0 Å². The van der Waals surface area contributed by atoms with Crippen LogP contribution in [0.25, 0.3) is 0 Å². The summed E-state index contributed by atoms with van der Waals surface area (Å²) in [7, 11) is 0. The van der Waals surface area contributed by atoms with Crippen molar-refractivity contribution >= 4 is 0 Å². The second-order valence-corrected chi connectivity index (χ2v) is 5.32. The molecule has 0 N–H and O–H groups in total. The molecule has 0 saturated carbocycles. The lowest BCUT2D eigenvalue weighted by Gasteiger charge is -2.00. The Hall–Kier alpha value is -0.850. The van der Waals surface area contributed by atoms with E-state index in [2.05, 4.69) is 42.9 Å². The molecular weight excluding hydrogens is 218 g/mol. The molecule has 0 aliphatic carbocycles. The van der Waals surface area contributed by atoms with Crippen LogP contribution in [0.2, 0.25) is 0 Å². The molecule has 0 unspecified atom stereocenters. The van der Waals surface area contributed by atoms with E-state index in [4.69, 9.17) is 0 Å². The summed E-state index contributed by atoms with van der Waals surface area (Å²) < 4.78 is 2.32. The highest BCUT2D eigenvalue weighted by Crippen LogP contribution is 2.06. The fraction of sp³-hybridized carbons (Fsp3) is 0.706. The molecule has 0 bridgehead atoms. The molecule has 102 valence electrons. The van der Waals surface area contributed by atoms with E-state index in [1.165, 1.54) is 69.9 Å². The van der Waals surface area contributed by atoms with Crippen molar-refractivity contribution in [2.24, 2.45) is 0 Å². The standard InChI is InChI=1S/C17H30N/c1-3-5-6-7-8-9-10-14-18-15-12-17(11-4-2)13-16-18/h12-13,15-16H,3-11,14H2,1-2H3/q+1. The Balaban J connectivity index is 2.08. The van der Waals surface area contributed by atoms with Gasteiger partial charge in [0.2, 0.25) is 0 Å². The smallest absolute Gasteiger partial charge is 0.169 e. The van der Waals surface area contributed by atoms with Gasteiger partial charge in [0, 0.05) is 18.6 Å². The Morgan fingerprint density at radius 3 is 2.00 bits per heavy atom. The predicted octanol–water partition coefficient (Wildman–Crippen LogP) is 4.68. The molecule has 0 aliphatic heterocycles. The van der Waals surface area contributed by atoms with E-state index in [1.54, 1.807) is 0 Å². The summed E-state index contributed by atoms with van der Waals surface area (Å²) in [5.41, 5.74) is 1.47. The number of pyridine rings is 1. The minimum atomic E-state index is 1.18. The molecule has 0 spiro atoms. The minimum absolute atomic E-state index is 1.18. The summed E-state index contributed by atoms with van der Waals surface area (Å²) >= 11 is 0. The maximum atomic E-state index is 2.32. The molecule has 1 heterocycles. The number of nitrogens with zero attached hydrogens (tertiary/aromatic N) is 1. The van der Waals surface area contributed by atoms with E-state index >= 15 is 0 Å². The van der Waals surface area contributed by atoms with Gasteiger partial charge in [-0.25, -0.2) is 4.57 Å². The second-order valence-electron chi connectivity index (χ2n) is 5.32. The zero-order valence-corrected chi connectivity index (χ0v) is 12.3. The fourth-order valence-electron chi connectivity index (χ4n) is 2.34. The van der Waals surface area contributed by atoms with Gasteiger partial charge in [-0.15, -0.1) is 0 Å². The second kappa shape index (κ2) is 10.1. The van der Waals surface area contributed by atoms with Gasteiger partial charge < -0.3 is 0 Å². The van der Waals surface area contributed by atoms with Gasteiger partial charge in [0.1, 0.15) is 6.54 Å². The highest BCUT2D eigenvalue weighted by atomic mass is 14.9. The van der Waals surface area contributed by atoms with Gasteiger partial charge in [0.25, 0.3) is 0 Å². The molecular formula is C17H30N+. The van der Waals surface area contributed by atoms with Gasteiger partial charge in [-0.1, -0.05) is 52.4 Å². The number of aryl methyl sites for hydroxylation is 2. The molecule has 0 atom stereocenters. The monoisotopic (exact) mass is 248 g/mol. The van der Waals surface area contributed by atoms with Gasteiger partial charge in [-0.2, -0.15) is 0 Å². The fourth-order valence-corrected chi connectivity index (χ4v) is 2.34. The average molecular weight is 248 g/mol. The van der Waals surface area contributed by atoms with E-state index in [-0.39, 0.29) is 0 Å². The zero-order valence-electron chi connectivity index (χ0n) is 12.3. The molecule has 1 nitrogen and oxygen atoms in total. The first kappa shape index (κ1) is 15.2. The predicted molar refractivity (Wildman–Crippen MR) is 78.6 cm³/mol. The van der Waals surface area contributed by atoms with E-state index in [1.807, 2.05) is 0 Å². The molecule has 0 radical (unpaired) electrons. The van der Waals surface area contributed by atoms with Crippen LogP contribution < -0.4 is 4.57 Å². The lowest BCUT2D eigenvalue weighted by Crippen LogP contribution is -2.32. The summed E-state index contributed by atoms with van der Waals surface area (Å²) in [4.78, 5) is 0. The Morgan fingerprint density at radius 1 is 0.778 bits per heavy atom. The molecule has 0 aliphatic rings. The lowest BCUT2D eigenvalue weighted by molar-refractivity contribution is -0.697. The van der Waals surface area contributed by atoms with E-state index < -0.39 is 0 Å². The van der Waals surface area contributed by atoms with Crippen molar-refractivity contribution < 1.29 is 4.57 Å². The summed E-state index contributed by atoms with van der Waals surface area (Å²) in [5.74, 6) is 0. The van der Waals surface area contributed by atoms with Crippen LogP contribution in [0.15, 0.2) is 24.5 Å². The number of unbranched alkanes of at least 4 members (excludes halogenated alkanes) is 6. The third-order valence-electron chi connectivity index (χ3n) is 3.52. The summed E-state index contributed by atoms with van der Waals surface area (Å²) in [6.07, 6.45) is 16.6. The molecule has 1 rings (SSSR count). The van der Waals surface area contributed by atoms with Crippen molar-refractivity contribution in [2.75, 3.05) is 0 Å². The summed E-state index contributed by atoms with van der Waals surface area (Å²) in [6, 6.07) is 4.54. The Bertz CT molecular complexity index is 289. The van der Waals surface area contributed by atoms with E-state index in [9.17, 15) is 0 Å². The SMILES string of the molecule is CCCCCCCCC[n+]1ccc(CCC)cc1. The van der Waals surface area contributed by atoms with Crippen LogP contribution in [0.1, 0.15) is 70.8 Å². The largest absolute Gasteiger partial charge is 0.205 e. The zero-order chi connectivity index (χ0) is 13.1. The van der Waals surface area contributed by atoms with Crippen molar-refractivity contribution in [3.05, 3.63) is 30.1 Å². The highest BCUT2D eigenvalue weighted by molar-refractivity contribution is 5.06. The molecule has 0 amide bonds. The van der Waals surface area contributed by atoms with Crippen LogP contribution in [0.5, 0.6) is 0 Å². The summed E-state index contributed by atoms with van der Waals surface area (Å²) in [6.45, 7) is 5.69. The Morgan fingerprint density at radius 2 is 1.39 bits per heavy atom. The van der Waals surface area contributed by atoms with Crippen LogP contribution in [0, 0.1) is 0 Å². The quantitative estimate of drug-likeness (QED) is 0.418. The molecule has 1 aromatic rings. The van der Waals surface area contributed by atoms with Crippen molar-refractivity contribution in [3.63, 3.8) is 0 Å². The van der Waals surface area contributed by atoms with Gasteiger partial charge in [-0.3, -0.25) is 0 Å². The first-order chi connectivity index (χ1) is 8.86. The lowest BCUT2D eigenvalue weighted by atomic mass is 10.1. The number of aromatic nitrogens is 1. The van der Waals surface area contributed by atoms with Crippen molar-refractivity contribution in [1.29, 1.82) is 0 Å². The van der Waals surface area contributed by atoms with Crippen LogP contribution >= 0.6 is 0 Å². The van der Waals surface area contributed by atoms with Crippen LogP contribution in [0.4, 0.5) is 0 Å². The third kappa shape index (κ3) is 6.78. The van der Waals surface area contributed by atoms with Gasteiger partial charge in [-0.05, 0) is 18.4 Å². The maximum Gasteiger partial charge on any atom is 0.169 e. The van der Waals surface area contributed by atoms with Gasteiger partial charge in [0.15, 0.2) is 12.4 Å². The van der Waals surface area contributed by atoms with Crippen LogP contribution in [-0.4, -0.2) is 0 Å². The van der Waals surface area contributed by atoms with Crippen molar-refractivity contribution in [3.8, 4) is 0 Å². The number of rotatable bonds is 10. The Labute approximate surface area is 113 Å². The van der Waals surface area contributed by atoms with E-state index in [0.717, 1.165) is 0 Å². The molecule has 0 saturated heterocycles. The number of hydrogen-bond acceptors (Lipinski definition) is 0. The van der Waals surface area contributed by atoms with Gasteiger partial charge in [0.05, 0.1) is 0 Å². The highest BCUT2D eigenvalue weighted by Gasteiger charge is 2.00. The Kier molecular flexibility index (Phi) is 8.54. The van der Waals surface area contributed by atoms with Crippen molar-refractivity contribution in [2.45, 2.75) is 78.2 Å². The third-order valence-corrected chi connectivity index (χ3v) is 3.52. The molecule has 1 aromatic heterocycles.